The summed E-state index contributed by atoms with van der Waals surface area (Å²) in [6, 6.07) is 11.8. The molecule has 0 radical (unpaired) electrons. The molecule has 3 aliphatic carbocycles. The van der Waals surface area contributed by atoms with Crippen LogP contribution in [0.2, 0.25) is 0 Å². The summed E-state index contributed by atoms with van der Waals surface area (Å²) in [5.74, 6) is 0.0334. The van der Waals surface area contributed by atoms with Crippen LogP contribution in [0.3, 0.4) is 0 Å². The van der Waals surface area contributed by atoms with Crippen molar-refractivity contribution in [3.8, 4) is 22.8 Å². The van der Waals surface area contributed by atoms with E-state index in [-0.39, 0.29) is 36.3 Å². The number of carbonyl (C=O) groups excluding carboxylic acids is 2. The zero-order valence-electron chi connectivity index (χ0n) is 26.1. The Balaban J connectivity index is 1.22. The number of anilines is 1. The fourth-order valence-electron chi connectivity index (χ4n) is 6.54. The Morgan fingerprint density at radius 2 is 1.87 bits per heavy atom. The van der Waals surface area contributed by atoms with Gasteiger partial charge in [-0.3, -0.25) is 14.6 Å². The highest BCUT2D eigenvalue weighted by atomic mass is 19.1. The van der Waals surface area contributed by atoms with Gasteiger partial charge in [-0.05, 0) is 93.8 Å². The molecule has 3 fully saturated rings. The largest absolute Gasteiger partial charge is 0.489 e. The highest BCUT2D eigenvalue weighted by Gasteiger charge is 2.44. The zero-order chi connectivity index (χ0) is 32.0. The van der Waals surface area contributed by atoms with Crippen molar-refractivity contribution in [2.45, 2.75) is 81.8 Å². The minimum atomic E-state index is -1.05. The fraction of sp³-hybridized carbons (Fsp3) is 0.444. The second-order valence-corrected chi connectivity index (χ2v) is 13.4. The third kappa shape index (κ3) is 6.04. The van der Waals surface area contributed by atoms with Crippen molar-refractivity contribution in [2.75, 3.05) is 18.9 Å². The molecule has 1 aliphatic heterocycles. The summed E-state index contributed by atoms with van der Waals surface area (Å²) in [4.78, 5) is 36.2. The van der Waals surface area contributed by atoms with Crippen LogP contribution in [0.5, 0.6) is 11.5 Å². The van der Waals surface area contributed by atoms with Crippen molar-refractivity contribution in [3.63, 3.8) is 0 Å². The summed E-state index contributed by atoms with van der Waals surface area (Å²) in [7, 11) is 0. The van der Waals surface area contributed by atoms with Crippen LogP contribution in [0.25, 0.3) is 11.3 Å². The molecule has 7 rings (SSSR count). The number of benzene rings is 2. The lowest BCUT2D eigenvalue weighted by Gasteiger charge is -2.26. The molecule has 3 saturated carbocycles. The molecular formula is C36H40FN5O4. The number of nitrogen functional groups attached to an aromatic ring is 1. The molecule has 240 valence electrons. The highest BCUT2D eigenvalue weighted by molar-refractivity contribution is 5.99. The smallest absolute Gasteiger partial charge is 0.251 e. The molecule has 3 aromatic rings. The van der Waals surface area contributed by atoms with Gasteiger partial charge in [-0.25, -0.2) is 9.37 Å². The molecule has 9 nitrogen and oxygen atoms in total. The number of carbonyl (C=O) groups is 2. The number of amides is 2. The number of nitrogens with one attached hydrogen (secondary N) is 1. The summed E-state index contributed by atoms with van der Waals surface area (Å²) in [6.07, 6.45) is 10.1. The molecule has 46 heavy (non-hydrogen) atoms. The maximum absolute atomic E-state index is 13.9. The molecule has 2 heterocycles. The number of hydrogen-bond donors (Lipinski definition) is 3. The second kappa shape index (κ2) is 12.0. The van der Waals surface area contributed by atoms with Gasteiger partial charge in [-0.15, -0.1) is 0 Å². The Bertz CT molecular complexity index is 1700. The summed E-state index contributed by atoms with van der Waals surface area (Å²) >= 11 is 0. The van der Waals surface area contributed by atoms with Crippen LogP contribution >= 0.6 is 0 Å². The summed E-state index contributed by atoms with van der Waals surface area (Å²) < 4.78 is 26.0. The third-order valence-corrected chi connectivity index (χ3v) is 9.81. The van der Waals surface area contributed by atoms with E-state index >= 15 is 0 Å². The van der Waals surface area contributed by atoms with Crippen molar-refractivity contribution in [2.24, 2.45) is 16.6 Å². The molecule has 0 unspecified atom stereocenters. The maximum Gasteiger partial charge on any atom is 0.251 e. The van der Waals surface area contributed by atoms with Crippen LogP contribution < -0.4 is 26.3 Å². The topological polar surface area (TPSA) is 142 Å². The average molecular weight is 626 g/mol. The molecule has 2 amide bonds. The van der Waals surface area contributed by atoms with Crippen molar-refractivity contribution >= 4 is 23.7 Å². The van der Waals surface area contributed by atoms with Crippen molar-refractivity contribution in [1.82, 2.24) is 10.3 Å². The minimum absolute atomic E-state index is 0.0939. The van der Waals surface area contributed by atoms with E-state index in [1.165, 1.54) is 12.1 Å². The molecule has 0 bridgehead atoms. The van der Waals surface area contributed by atoms with Gasteiger partial charge in [-0.1, -0.05) is 12.8 Å². The van der Waals surface area contributed by atoms with E-state index in [0.29, 0.717) is 57.7 Å². The van der Waals surface area contributed by atoms with Crippen LogP contribution in [0.4, 0.5) is 10.1 Å². The van der Waals surface area contributed by atoms with Gasteiger partial charge < -0.3 is 26.3 Å². The lowest BCUT2D eigenvalue weighted by molar-refractivity contribution is -0.123. The molecule has 0 saturated heterocycles. The minimum Gasteiger partial charge on any atom is -0.489 e. The van der Waals surface area contributed by atoms with Crippen LogP contribution in [0.15, 0.2) is 47.5 Å². The van der Waals surface area contributed by atoms with Gasteiger partial charge in [0.25, 0.3) is 5.91 Å². The van der Waals surface area contributed by atoms with E-state index < -0.39 is 11.3 Å². The zero-order valence-corrected chi connectivity index (χ0v) is 26.1. The first kappa shape index (κ1) is 30.2. The molecule has 0 spiro atoms. The van der Waals surface area contributed by atoms with Crippen LogP contribution in [-0.2, 0) is 10.2 Å². The summed E-state index contributed by atoms with van der Waals surface area (Å²) in [6.45, 7) is 2.20. The van der Waals surface area contributed by atoms with Gasteiger partial charge in [0.05, 0.1) is 17.8 Å². The molecule has 2 aromatic carbocycles. The maximum atomic E-state index is 13.9. The lowest BCUT2D eigenvalue weighted by Crippen LogP contribution is -2.40. The normalized spacial score (nSPS) is 21.6. The highest BCUT2D eigenvalue weighted by Crippen LogP contribution is 2.47. The Kier molecular flexibility index (Phi) is 7.90. The number of rotatable bonds is 11. The van der Waals surface area contributed by atoms with E-state index in [2.05, 4.69) is 10.3 Å². The van der Waals surface area contributed by atoms with Gasteiger partial charge in [0.1, 0.15) is 35.0 Å². The summed E-state index contributed by atoms with van der Waals surface area (Å²) in [5, 5.41) is 3.18. The molecule has 10 heteroatoms. The van der Waals surface area contributed by atoms with Gasteiger partial charge >= 0.3 is 0 Å². The number of fused-ring (bicyclic) bond motifs is 1. The number of aromatic nitrogens is 1. The average Bonchev–Trinajstić information content (AvgIpc) is 3.97. The van der Waals surface area contributed by atoms with Crippen LogP contribution in [-0.4, -0.2) is 48.3 Å². The molecular weight excluding hydrogens is 585 g/mol. The number of halogens is 1. The first-order valence-corrected chi connectivity index (χ1v) is 16.3. The Morgan fingerprint density at radius 3 is 2.54 bits per heavy atom. The fourth-order valence-corrected chi connectivity index (χ4v) is 6.54. The Labute approximate surface area is 268 Å². The number of hydrogen-bond acceptors (Lipinski definition) is 7. The standard InChI is InChI=1S/C36H40FN5O4/c1-36(35(39)44)19-45-33-28(36)16-29(42-32(33)21-6-8-24(37)9-7-21)27(20-4-2-3-5-20)18-41-34(43)22-14-23(17-40-25-10-11-25)31(38)30(15-22)46-26-12-13-26/h6-9,14-17,20,25-27H,2-5,10-13,18-19,38H2,1H3,(H2,39,44)(H,41,43)/t27-,36-/m0/s1. The van der Waals surface area contributed by atoms with Gasteiger partial charge in [-0.2, -0.15) is 0 Å². The number of nitrogens with zero attached hydrogens (tertiary/aromatic N) is 2. The summed E-state index contributed by atoms with van der Waals surface area (Å²) in [5.41, 5.74) is 15.6. The number of aliphatic imine (C=N–C) groups is 1. The molecule has 5 N–H and O–H groups in total. The first-order valence-electron chi connectivity index (χ1n) is 16.3. The predicted molar refractivity (Wildman–Crippen MR) is 174 cm³/mol. The monoisotopic (exact) mass is 625 g/mol. The molecule has 4 aliphatic rings. The number of pyridine rings is 1. The quantitative estimate of drug-likeness (QED) is 0.192. The van der Waals surface area contributed by atoms with Crippen molar-refractivity contribution < 1.29 is 23.5 Å². The molecule has 2 atom stereocenters. The Morgan fingerprint density at radius 1 is 1.13 bits per heavy atom. The van der Waals surface area contributed by atoms with Gasteiger partial charge in [0.2, 0.25) is 5.91 Å². The van der Waals surface area contributed by atoms with E-state index in [9.17, 15) is 14.0 Å². The number of nitrogens with two attached hydrogens (primary N) is 2. The Hall–Kier alpha value is -4.47. The second-order valence-electron chi connectivity index (χ2n) is 13.4. The van der Waals surface area contributed by atoms with Crippen molar-refractivity contribution in [1.29, 1.82) is 0 Å². The van der Waals surface area contributed by atoms with E-state index in [1.54, 1.807) is 37.4 Å². The lowest BCUT2D eigenvalue weighted by atomic mass is 9.80. The SMILES string of the molecule is C[C@]1(C(N)=O)COc2c1cc([C@@H](CNC(=O)c1cc(C=NC3CC3)c(N)c(OC3CC3)c1)C1CCCC1)nc2-c1ccc(F)cc1. The van der Waals surface area contributed by atoms with Gasteiger partial charge in [0, 0.05) is 46.6 Å². The van der Waals surface area contributed by atoms with E-state index in [0.717, 1.165) is 57.1 Å². The first-order chi connectivity index (χ1) is 22.2. The third-order valence-electron chi connectivity index (χ3n) is 9.81. The van der Waals surface area contributed by atoms with E-state index in [4.69, 9.17) is 25.9 Å². The van der Waals surface area contributed by atoms with Crippen molar-refractivity contribution in [3.05, 3.63) is 70.7 Å². The van der Waals surface area contributed by atoms with Crippen LogP contribution in [0, 0.1) is 11.7 Å². The van der Waals surface area contributed by atoms with Crippen LogP contribution in [0.1, 0.15) is 91.4 Å². The van der Waals surface area contributed by atoms with Gasteiger partial charge in [0.15, 0.2) is 0 Å². The predicted octanol–water partition coefficient (Wildman–Crippen LogP) is 5.43. The molecule has 1 aromatic heterocycles. The number of primary amides is 1. The number of ether oxygens (including phenoxy) is 2. The van der Waals surface area contributed by atoms with E-state index in [1.807, 2.05) is 6.07 Å².